The minimum atomic E-state index is -0.199. The quantitative estimate of drug-likeness (QED) is 0.605. The molecule has 1 amide bonds. The van der Waals surface area contributed by atoms with E-state index in [1.54, 1.807) is 4.90 Å². The third-order valence-corrected chi connectivity index (χ3v) is 3.97. The van der Waals surface area contributed by atoms with E-state index in [1.807, 2.05) is 0 Å². The molecule has 0 aromatic rings. The molecule has 86 valence electrons. The molecule has 5 heteroatoms. The molecule has 2 aliphatic heterocycles. The first-order valence-electron chi connectivity index (χ1n) is 5.91. The minimum absolute atomic E-state index is 0.0760. The molecule has 1 saturated carbocycles. The molecular formula is C11H16N4O. The van der Waals surface area contributed by atoms with Gasteiger partial charge in [-0.1, -0.05) is 0 Å². The summed E-state index contributed by atoms with van der Waals surface area (Å²) >= 11 is 0. The third kappa shape index (κ3) is 1.41. The zero-order valence-electron chi connectivity index (χ0n) is 9.10. The molecule has 0 spiro atoms. The van der Waals surface area contributed by atoms with Gasteiger partial charge in [-0.15, -0.1) is 0 Å². The Hall–Kier alpha value is -1.12. The SMILES string of the molecule is N#CC1C[C@@H]2C[C@@H]2N1C(=O)[C@@H]1C[C@H](N)CN1. The number of piperidine rings is 1. The number of hydrogen-bond acceptors (Lipinski definition) is 4. The van der Waals surface area contributed by atoms with E-state index in [9.17, 15) is 4.79 Å². The summed E-state index contributed by atoms with van der Waals surface area (Å²) in [6.07, 6.45) is 2.65. The van der Waals surface area contributed by atoms with Crippen molar-refractivity contribution in [1.82, 2.24) is 10.2 Å². The number of hydrogen-bond donors (Lipinski definition) is 2. The Balaban J connectivity index is 1.72. The van der Waals surface area contributed by atoms with Crippen molar-refractivity contribution in [2.75, 3.05) is 6.54 Å². The monoisotopic (exact) mass is 220 g/mol. The topological polar surface area (TPSA) is 82.2 Å². The third-order valence-electron chi connectivity index (χ3n) is 3.97. The van der Waals surface area contributed by atoms with Crippen LogP contribution in [0, 0.1) is 17.2 Å². The number of amides is 1. The van der Waals surface area contributed by atoms with Crippen molar-refractivity contribution in [3.05, 3.63) is 0 Å². The predicted molar refractivity (Wildman–Crippen MR) is 57.1 cm³/mol. The van der Waals surface area contributed by atoms with Crippen molar-refractivity contribution in [3.8, 4) is 6.07 Å². The Morgan fingerprint density at radius 3 is 2.88 bits per heavy atom. The van der Waals surface area contributed by atoms with Crippen molar-refractivity contribution < 1.29 is 4.79 Å². The second kappa shape index (κ2) is 3.44. The summed E-state index contributed by atoms with van der Waals surface area (Å²) in [5.74, 6) is 0.674. The van der Waals surface area contributed by atoms with E-state index in [4.69, 9.17) is 11.0 Å². The number of rotatable bonds is 1. The first-order chi connectivity index (χ1) is 7.70. The Bertz CT molecular complexity index is 363. The van der Waals surface area contributed by atoms with Crippen LogP contribution in [0.5, 0.6) is 0 Å². The molecule has 2 heterocycles. The van der Waals surface area contributed by atoms with Gasteiger partial charge in [0.25, 0.3) is 0 Å². The number of carbonyl (C=O) groups is 1. The van der Waals surface area contributed by atoms with Gasteiger partial charge in [0.2, 0.25) is 5.91 Å². The van der Waals surface area contributed by atoms with Crippen molar-refractivity contribution in [3.63, 3.8) is 0 Å². The lowest BCUT2D eigenvalue weighted by Gasteiger charge is -2.25. The lowest BCUT2D eigenvalue weighted by atomic mass is 10.1. The predicted octanol–water partition coefficient (Wildman–Crippen LogP) is -0.811. The average Bonchev–Trinajstić information content (AvgIpc) is 2.74. The van der Waals surface area contributed by atoms with Gasteiger partial charge in [-0.05, 0) is 25.2 Å². The molecule has 3 N–H and O–H groups in total. The smallest absolute Gasteiger partial charge is 0.241 e. The molecule has 5 nitrogen and oxygen atoms in total. The zero-order chi connectivity index (χ0) is 11.3. The van der Waals surface area contributed by atoms with E-state index in [0.717, 1.165) is 12.8 Å². The van der Waals surface area contributed by atoms with Gasteiger partial charge in [0.15, 0.2) is 0 Å². The molecular weight excluding hydrogens is 204 g/mol. The highest BCUT2D eigenvalue weighted by Gasteiger charge is 2.55. The molecule has 3 aliphatic rings. The molecule has 0 radical (unpaired) electrons. The van der Waals surface area contributed by atoms with Gasteiger partial charge >= 0.3 is 0 Å². The summed E-state index contributed by atoms with van der Waals surface area (Å²) in [6, 6.07) is 2.29. The van der Waals surface area contributed by atoms with Crippen molar-refractivity contribution >= 4 is 5.91 Å². The minimum Gasteiger partial charge on any atom is -0.326 e. The maximum atomic E-state index is 12.3. The fraction of sp³-hybridized carbons (Fsp3) is 0.818. The number of nitrogens with zero attached hydrogens (tertiary/aromatic N) is 2. The largest absolute Gasteiger partial charge is 0.326 e. The van der Waals surface area contributed by atoms with Crippen LogP contribution in [-0.2, 0) is 4.79 Å². The van der Waals surface area contributed by atoms with E-state index in [2.05, 4.69) is 11.4 Å². The number of nitriles is 1. The van der Waals surface area contributed by atoms with Gasteiger partial charge < -0.3 is 16.0 Å². The van der Waals surface area contributed by atoms with Crippen molar-refractivity contribution in [1.29, 1.82) is 5.26 Å². The van der Waals surface area contributed by atoms with Gasteiger partial charge in [-0.3, -0.25) is 4.79 Å². The normalized spacial score (nSPS) is 45.2. The number of likely N-dealkylation sites (tertiary alicyclic amines) is 1. The van der Waals surface area contributed by atoms with Crippen LogP contribution in [0.1, 0.15) is 19.3 Å². The standard InChI is InChI=1S/C11H16N4O/c12-4-8-1-6-2-10(6)15(8)11(16)9-3-7(13)5-14-9/h6-10,14H,1-3,5,13H2/t6-,7+,8?,9+,10+/m1/s1. The Morgan fingerprint density at radius 2 is 2.25 bits per heavy atom. The van der Waals surface area contributed by atoms with Gasteiger partial charge in [-0.25, -0.2) is 0 Å². The molecule has 3 fully saturated rings. The van der Waals surface area contributed by atoms with Crippen LogP contribution in [0.4, 0.5) is 0 Å². The number of nitrogens with two attached hydrogens (primary N) is 1. The van der Waals surface area contributed by atoms with Crippen LogP contribution in [0.15, 0.2) is 0 Å². The van der Waals surface area contributed by atoms with Crippen LogP contribution in [0.3, 0.4) is 0 Å². The molecule has 0 aromatic carbocycles. The molecule has 1 aliphatic carbocycles. The molecule has 0 aromatic heterocycles. The Labute approximate surface area is 94.6 Å². The summed E-state index contributed by atoms with van der Waals surface area (Å²) in [4.78, 5) is 14.1. The van der Waals surface area contributed by atoms with Crippen molar-refractivity contribution in [2.24, 2.45) is 11.7 Å². The Morgan fingerprint density at radius 1 is 1.44 bits per heavy atom. The van der Waals surface area contributed by atoms with Crippen LogP contribution < -0.4 is 11.1 Å². The second-order valence-corrected chi connectivity index (χ2v) is 5.15. The van der Waals surface area contributed by atoms with Crippen LogP contribution >= 0.6 is 0 Å². The summed E-state index contributed by atoms with van der Waals surface area (Å²) in [5, 5.41) is 12.2. The lowest BCUT2D eigenvalue weighted by molar-refractivity contribution is -0.134. The first kappa shape index (κ1) is 10.1. The van der Waals surface area contributed by atoms with Crippen LogP contribution in [0.25, 0.3) is 0 Å². The number of carbonyl (C=O) groups excluding carboxylic acids is 1. The highest BCUT2D eigenvalue weighted by atomic mass is 16.2. The van der Waals surface area contributed by atoms with Gasteiger partial charge in [-0.2, -0.15) is 5.26 Å². The van der Waals surface area contributed by atoms with Crippen LogP contribution in [0.2, 0.25) is 0 Å². The summed E-state index contributed by atoms with van der Waals surface area (Å²) in [6.45, 7) is 0.704. The van der Waals surface area contributed by atoms with Crippen molar-refractivity contribution in [2.45, 2.75) is 43.4 Å². The van der Waals surface area contributed by atoms with E-state index in [0.29, 0.717) is 24.9 Å². The van der Waals surface area contributed by atoms with E-state index in [1.165, 1.54) is 0 Å². The summed E-state index contributed by atoms with van der Waals surface area (Å²) in [5.41, 5.74) is 5.78. The second-order valence-electron chi connectivity index (χ2n) is 5.15. The Kier molecular flexibility index (Phi) is 2.16. The lowest BCUT2D eigenvalue weighted by Crippen LogP contribution is -2.47. The number of nitrogens with one attached hydrogen (secondary N) is 1. The van der Waals surface area contributed by atoms with Gasteiger partial charge in [0.05, 0.1) is 12.1 Å². The molecule has 16 heavy (non-hydrogen) atoms. The fourth-order valence-electron chi connectivity index (χ4n) is 3.02. The maximum Gasteiger partial charge on any atom is 0.241 e. The van der Waals surface area contributed by atoms with E-state index < -0.39 is 0 Å². The fourth-order valence-corrected chi connectivity index (χ4v) is 3.02. The highest BCUT2D eigenvalue weighted by Crippen LogP contribution is 2.47. The molecule has 2 saturated heterocycles. The van der Waals surface area contributed by atoms with Gasteiger partial charge in [0.1, 0.15) is 6.04 Å². The molecule has 3 rings (SSSR count). The number of fused-ring (bicyclic) bond motifs is 1. The van der Waals surface area contributed by atoms with E-state index in [-0.39, 0.29) is 24.0 Å². The molecule has 0 bridgehead atoms. The highest BCUT2D eigenvalue weighted by molar-refractivity contribution is 5.84. The zero-order valence-corrected chi connectivity index (χ0v) is 9.10. The van der Waals surface area contributed by atoms with E-state index >= 15 is 0 Å². The molecule has 1 unspecified atom stereocenters. The van der Waals surface area contributed by atoms with Crippen LogP contribution in [-0.4, -0.2) is 41.5 Å². The first-order valence-corrected chi connectivity index (χ1v) is 5.91. The van der Waals surface area contributed by atoms with Gasteiger partial charge in [0, 0.05) is 18.6 Å². The summed E-state index contributed by atoms with van der Waals surface area (Å²) < 4.78 is 0. The summed E-state index contributed by atoms with van der Waals surface area (Å²) in [7, 11) is 0. The maximum absolute atomic E-state index is 12.3. The molecule has 5 atom stereocenters. The average molecular weight is 220 g/mol.